The van der Waals surface area contributed by atoms with Crippen molar-refractivity contribution in [3.63, 3.8) is 0 Å². The average molecular weight is 371 g/mol. The number of nitrogens with zero attached hydrogens (tertiary/aromatic N) is 1. The van der Waals surface area contributed by atoms with Crippen molar-refractivity contribution in [1.29, 1.82) is 0 Å². The molecule has 2 heterocycles. The second-order valence-electron chi connectivity index (χ2n) is 8.23. The van der Waals surface area contributed by atoms with Crippen molar-refractivity contribution in [3.8, 4) is 0 Å². The van der Waals surface area contributed by atoms with Crippen LogP contribution in [0.2, 0.25) is 0 Å². The number of carbonyl (C=O) groups is 2. The highest BCUT2D eigenvalue weighted by atomic mass is 16.5. The third-order valence-corrected chi connectivity index (χ3v) is 6.30. The first-order valence-electron chi connectivity index (χ1n) is 10.2. The van der Waals surface area contributed by atoms with Gasteiger partial charge in [0.2, 0.25) is 0 Å². The highest BCUT2D eigenvalue weighted by molar-refractivity contribution is 5.95. The van der Waals surface area contributed by atoms with Gasteiger partial charge in [-0.15, -0.1) is 0 Å². The molecule has 0 unspecified atom stereocenters. The summed E-state index contributed by atoms with van der Waals surface area (Å²) in [6.45, 7) is 3.05. The van der Waals surface area contributed by atoms with Crippen LogP contribution in [0.5, 0.6) is 0 Å². The molecular weight excluding hydrogens is 342 g/mol. The predicted octanol–water partition coefficient (Wildman–Crippen LogP) is 3.39. The number of rotatable bonds is 4. The number of amides is 3. The minimum Gasteiger partial charge on any atom is -0.376 e. The summed E-state index contributed by atoms with van der Waals surface area (Å²) in [5, 5.41) is 5.88. The van der Waals surface area contributed by atoms with Crippen LogP contribution in [0.4, 0.5) is 10.5 Å². The molecule has 1 aromatic carbocycles. The molecule has 1 atom stereocenters. The summed E-state index contributed by atoms with van der Waals surface area (Å²) in [6, 6.07) is 7.06. The highest BCUT2D eigenvalue weighted by Crippen LogP contribution is 2.45. The minimum atomic E-state index is -0.105. The van der Waals surface area contributed by atoms with Crippen LogP contribution in [-0.2, 0) is 4.74 Å². The zero-order valence-electron chi connectivity index (χ0n) is 15.8. The van der Waals surface area contributed by atoms with E-state index < -0.39 is 0 Å². The van der Waals surface area contributed by atoms with Gasteiger partial charge in [-0.3, -0.25) is 4.79 Å². The number of carbonyl (C=O) groups excluding carboxylic acids is 2. The fourth-order valence-corrected chi connectivity index (χ4v) is 4.66. The number of benzene rings is 1. The Morgan fingerprint density at radius 1 is 1.11 bits per heavy atom. The first-order valence-corrected chi connectivity index (χ1v) is 10.2. The Labute approximate surface area is 160 Å². The molecular formula is C21H29N3O3. The summed E-state index contributed by atoms with van der Waals surface area (Å²) < 4.78 is 5.52. The van der Waals surface area contributed by atoms with Crippen LogP contribution in [0.3, 0.4) is 0 Å². The molecule has 2 aliphatic heterocycles. The standard InChI is InChI=1S/C21H29N3O3/c25-19(22-14-18-4-3-13-27-18)16-5-7-17(8-6-16)23-20(26)24-12-11-21(15-24)9-1-2-10-21/h5-8,18H,1-4,9-15H2,(H,22,25)(H,23,26)/t18-/m0/s1. The van der Waals surface area contributed by atoms with Crippen molar-refractivity contribution in [2.75, 3.05) is 31.6 Å². The highest BCUT2D eigenvalue weighted by Gasteiger charge is 2.41. The van der Waals surface area contributed by atoms with Gasteiger partial charge in [-0.1, -0.05) is 12.8 Å². The molecule has 1 aliphatic carbocycles. The first kappa shape index (κ1) is 18.3. The summed E-state index contributed by atoms with van der Waals surface area (Å²) in [5.74, 6) is -0.105. The zero-order valence-corrected chi connectivity index (χ0v) is 15.8. The van der Waals surface area contributed by atoms with Gasteiger partial charge in [-0.05, 0) is 61.8 Å². The van der Waals surface area contributed by atoms with Crippen LogP contribution in [0.1, 0.15) is 55.3 Å². The van der Waals surface area contributed by atoms with E-state index in [2.05, 4.69) is 10.6 Å². The number of ether oxygens (including phenoxy) is 1. The Balaban J connectivity index is 1.27. The van der Waals surface area contributed by atoms with Crippen LogP contribution in [-0.4, -0.2) is 49.2 Å². The summed E-state index contributed by atoms with van der Waals surface area (Å²) in [6.07, 6.45) is 8.44. The molecule has 2 saturated heterocycles. The molecule has 1 saturated carbocycles. The predicted molar refractivity (Wildman–Crippen MR) is 104 cm³/mol. The van der Waals surface area contributed by atoms with E-state index in [4.69, 9.17) is 4.74 Å². The Morgan fingerprint density at radius 3 is 2.59 bits per heavy atom. The van der Waals surface area contributed by atoms with Crippen molar-refractivity contribution in [2.45, 2.75) is 51.0 Å². The van der Waals surface area contributed by atoms with Gasteiger partial charge in [0.25, 0.3) is 5.91 Å². The van der Waals surface area contributed by atoms with Crippen LogP contribution in [0.25, 0.3) is 0 Å². The lowest BCUT2D eigenvalue weighted by Gasteiger charge is -2.23. The molecule has 0 radical (unpaired) electrons. The molecule has 0 bridgehead atoms. The van der Waals surface area contributed by atoms with Crippen LogP contribution < -0.4 is 10.6 Å². The lowest BCUT2D eigenvalue weighted by Crippen LogP contribution is -2.34. The average Bonchev–Trinajstić information content (AvgIpc) is 3.44. The van der Waals surface area contributed by atoms with E-state index in [-0.39, 0.29) is 18.0 Å². The van der Waals surface area contributed by atoms with Gasteiger partial charge in [0.15, 0.2) is 0 Å². The van der Waals surface area contributed by atoms with Crippen LogP contribution in [0.15, 0.2) is 24.3 Å². The van der Waals surface area contributed by atoms with Gasteiger partial charge in [0, 0.05) is 37.5 Å². The number of anilines is 1. The van der Waals surface area contributed by atoms with Gasteiger partial charge in [-0.25, -0.2) is 4.79 Å². The van der Waals surface area contributed by atoms with E-state index in [1.54, 1.807) is 24.3 Å². The Hall–Kier alpha value is -2.08. The second-order valence-corrected chi connectivity index (χ2v) is 8.23. The SMILES string of the molecule is O=C(NC[C@@H]1CCCO1)c1ccc(NC(=O)N2CCC3(CCCC3)C2)cc1. The third kappa shape index (κ3) is 4.26. The Bertz CT molecular complexity index is 676. The zero-order chi connectivity index (χ0) is 18.7. The van der Waals surface area contributed by atoms with Gasteiger partial charge in [0.05, 0.1) is 6.10 Å². The molecule has 3 fully saturated rings. The van der Waals surface area contributed by atoms with Crippen molar-refractivity contribution in [1.82, 2.24) is 10.2 Å². The largest absolute Gasteiger partial charge is 0.376 e. The lowest BCUT2D eigenvalue weighted by molar-refractivity contribution is 0.0858. The molecule has 1 aromatic rings. The molecule has 1 spiro atoms. The number of hydrogen-bond donors (Lipinski definition) is 2. The fraction of sp³-hybridized carbons (Fsp3) is 0.619. The quantitative estimate of drug-likeness (QED) is 0.852. The Kier molecular flexibility index (Phi) is 5.34. The van der Waals surface area contributed by atoms with Gasteiger partial charge in [-0.2, -0.15) is 0 Å². The first-order chi connectivity index (χ1) is 13.1. The third-order valence-electron chi connectivity index (χ3n) is 6.30. The van der Waals surface area contributed by atoms with Crippen molar-refractivity contribution >= 4 is 17.6 Å². The summed E-state index contributed by atoms with van der Waals surface area (Å²) >= 11 is 0. The van der Waals surface area contributed by atoms with E-state index in [0.717, 1.165) is 44.6 Å². The van der Waals surface area contributed by atoms with E-state index in [1.165, 1.54) is 25.7 Å². The Morgan fingerprint density at radius 2 is 1.89 bits per heavy atom. The number of nitrogens with one attached hydrogen (secondary N) is 2. The van der Waals surface area contributed by atoms with E-state index >= 15 is 0 Å². The van der Waals surface area contributed by atoms with Crippen molar-refractivity contribution in [3.05, 3.63) is 29.8 Å². The number of hydrogen-bond acceptors (Lipinski definition) is 3. The minimum absolute atomic E-state index is 0.0330. The van der Waals surface area contributed by atoms with Crippen molar-refractivity contribution in [2.24, 2.45) is 5.41 Å². The maximum absolute atomic E-state index is 12.5. The smallest absolute Gasteiger partial charge is 0.321 e. The van der Waals surface area contributed by atoms with Crippen LogP contribution in [0, 0.1) is 5.41 Å². The summed E-state index contributed by atoms with van der Waals surface area (Å²) in [4.78, 5) is 26.7. The fourth-order valence-electron chi connectivity index (χ4n) is 4.66. The van der Waals surface area contributed by atoms with Crippen molar-refractivity contribution < 1.29 is 14.3 Å². The molecule has 0 aromatic heterocycles. The van der Waals surface area contributed by atoms with Gasteiger partial charge >= 0.3 is 6.03 Å². The molecule has 146 valence electrons. The normalized spacial score (nSPS) is 23.7. The maximum Gasteiger partial charge on any atom is 0.321 e. The molecule has 3 aliphatic rings. The molecule has 3 amide bonds. The molecule has 2 N–H and O–H groups in total. The van der Waals surface area contributed by atoms with Crippen LogP contribution >= 0.6 is 0 Å². The molecule has 6 heteroatoms. The topological polar surface area (TPSA) is 70.7 Å². The van der Waals surface area contributed by atoms with Gasteiger partial charge < -0.3 is 20.3 Å². The number of likely N-dealkylation sites (tertiary alicyclic amines) is 1. The van der Waals surface area contributed by atoms with E-state index in [0.29, 0.717) is 17.5 Å². The number of urea groups is 1. The molecule has 27 heavy (non-hydrogen) atoms. The monoisotopic (exact) mass is 371 g/mol. The van der Waals surface area contributed by atoms with E-state index in [9.17, 15) is 9.59 Å². The lowest BCUT2D eigenvalue weighted by atomic mass is 9.86. The summed E-state index contributed by atoms with van der Waals surface area (Å²) in [5.41, 5.74) is 1.70. The summed E-state index contributed by atoms with van der Waals surface area (Å²) in [7, 11) is 0. The molecule has 6 nitrogen and oxygen atoms in total. The second kappa shape index (κ2) is 7.89. The van der Waals surface area contributed by atoms with E-state index in [1.807, 2.05) is 4.90 Å². The van der Waals surface area contributed by atoms with Gasteiger partial charge in [0.1, 0.15) is 0 Å². The maximum atomic E-state index is 12.5. The molecule has 4 rings (SSSR count).